The van der Waals surface area contributed by atoms with Gasteiger partial charge >= 0.3 is 0 Å². The van der Waals surface area contributed by atoms with Crippen molar-refractivity contribution in [2.45, 2.75) is 19.6 Å². The van der Waals surface area contributed by atoms with Crippen LogP contribution in [0, 0.1) is 10.1 Å². The van der Waals surface area contributed by atoms with Gasteiger partial charge in [-0.1, -0.05) is 6.07 Å². The first-order valence-corrected chi connectivity index (χ1v) is 7.09. The molecule has 0 aromatic heterocycles. The van der Waals surface area contributed by atoms with Crippen LogP contribution in [0.2, 0.25) is 0 Å². The summed E-state index contributed by atoms with van der Waals surface area (Å²) in [6.07, 6.45) is 2.22. The number of nitrogens with one attached hydrogen (secondary N) is 1. The standard InChI is InChI=1S/C15H15N3O6/c19-9-11-2-1-10(7-12(11)18(23)24)8-16-13(20)5-6-17-14(21)3-4-15(17)22/h1-4,7,19H,5-6,8-9H2,(H,16,20). The maximum atomic E-state index is 11.8. The Labute approximate surface area is 136 Å². The average molecular weight is 333 g/mol. The van der Waals surface area contributed by atoms with Gasteiger partial charge in [0, 0.05) is 37.7 Å². The van der Waals surface area contributed by atoms with Crippen LogP contribution in [0.15, 0.2) is 30.4 Å². The van der Waals surface area contributed by atoms with Crippen molar-refractivity contribution in [2.75, 3.05) is 6.54 Å². The number of imide groups is 1. The van der Waals surface area contributed by atoms with Gasteiger partial charge in [-0.3, -0.25) is 29.4 Å². The zero-order chi connectivity index (χ0) is 17.7. The maximum absolute atomic E-state index is 11.8. The minimum atomic E-state index is -0.603. The van der Waals surface area contributed by atoms with Gasteiger partial charge in [0.25, 0.3) is 17.5 Å². The third kappa shape index (κ3) is 4.02. The number of rotatable bonds is 7. The average Bonchev–Trinajstić information content (AvgIpc) is 2.89. The van der Waals surface area contributed by atoms with Crippen molar-refractivity contribution in [1.82, 2.24) is 10.2 Å². The number of nitro benzene ring substituents is 1. The Balaban J connectivity index is 1.88. The number of nitrogens with zero attached hydrogens (tertiary/aromatic N) is 2. The highest BCUT2D eigenvalue weighted by Gasteiger charge is 2.23. The monoisotopic (exact) mass is 333 g/mol. The highest BCUT2D eigenvalue weighted by Crippen LogP contribution is 2.20. The quantitative estimate of drug-likeness (QED) is 0.411. The molecule has 0 spiro atoms. The highest BCUT2D eigenvalue weighted by molar-refractivity contribution is 6.13. The van der Waals surface area contributed by atoms with E-state index >= 15 is 0 Å². The molecule has 2 rings (SSSR count). The Morgan fingerprint density at radius 1 is 1.25 bits per heavy atom. The molecule has 0 saturated carbocycles. The van der Waals surface area contributed by atoms with Crippen LogP contribution in [0.5, 0.6) is 0 Å². The number of hydrogen-bond acceptors (Lipinski definition) is 6. The lowest BCUT2D eigenvalue weighted by Gasteiger charge is -2.13. The molecule has 0 radical (unpaired) electrons. The van der Waals surface area contributed by atoms with Gasteiger partial charge in [-0.05, 0) is 11.6 Å². The summed E-state index contributed by atoms with van der Waals surface area (Å²) in [7, 11) is 0. The van der Waals surface area contributed by atoms with E-state index in [-0.39, 0.29) is 30.8 Å². The molecule has 0 atom stereocenters. The van der Waals surface area contributed by atoms with Crippen molar-refractivity contribution < 1.29 is 24.4 Å². The van der Waals surface area contributed by atoms with Crippen LogP contribution in [0.3, 0.4) is 0 Å². The third-order valence-corrected chi connectivity index (χ3v) is 3.47. The Bertz CT molecular complexity index is 710. The molecule has 0 unspecified atom stereocenters. The Hall–Kier alpha value is -3.07. The van der Waals surface area contributed by atoms with Crippen LogP contribution in [-0.2, 0) is 27.5 Å². The van der Waals surface area contributed by atoms with Gasteiger partial charge in [0.1, 0.15) is 0 Å². The smallest absolute Gasteiger partial charge is 0.275 e. The molecule has 0 saturated heterocycles. The minimum Gasteiger partial charge on any atom is -0.391 e. The van der Waals surface area contributed by atoms with E-state index in [9.17, 15) is 24.5 Å². The number of aliphatic hydroxyl groups is 1. The van der Waals surface area contributed by atoms with E-state index in [2.05, 4.69) is 5.32 Å². The molecule has 1 aliphatic heterocycles. The maximum Gasteiger partial charge on any atom is 0.275 e. The summed E-state index contributed by atoms with van der Waals surface area (Å²) < 4.78 is 0. The van der Waals surface area contributed by atoms with E-state index in [1.54, 1.807) is 6.07 Å². The van der Waals surface area contributed by atoms with Gasteiger partial charge in [0.2, 0.25) is 5.91 Å². The second-order valence-electron chi connectivity index (χ2n) is 5.07. The molecule has 0 aliphatic carbocycles. The number of hydrogen-bond donors (Lipinski definition) is 2. The van der Waals surface area contributed by atoms with E-state index in [0.29, 0.717) is 5.56 Å². The second-order valence-corrected chi connectivity index (χ2v) is 5.07. The van der Waals surface area contributed by atoms with Gasteiger partial charge in [0.15, 0.2) is 0 Å². The summed E-state index contributed by atoms with van der Waals surface area (Å²) in [5, 5.41) is 22.5. The van der Waals surface area contributed by atoms with Crippen LogP contribution in [-0.4, -0.2) is 39.2 Å². The molecule has 126 valence electrons. The number of carbonyl (C=O) groups is 3. The van der Waals surface area contributed by atoms with E-state index in [1.807, 2.05) is 0 Å². The summed E-state index contributed by atoms with van der Waals surface area (Å²) in [6.45, 7) is -0.416. The van der Waals surface area contributed by atoms with E-state index < -0.39 is 29.3 Å². The third-order valence-electron chi connectivity index (χ3n) is 3.47. The van der Waals surface area contributed by atoms with Crippen molar-refractivity contribution in [3.63, 3.8) is 0 Å². The molecule has 0 bridgehead atoms. The summed E-state index contributed by atoms with van der Waals surface area (Å²) in [5.74, 6) is -1.30. The van der Waals surface area contributed by atoms with Gasteiger partial charge in [-0.2, -0.15) is 0 Å². The molecule has 24 heavy (non-hydrogen) atoms. The zero-order valence-electron chi connectivity index (χ0n) is 12.6. The molecular weight excluding hydrogens is 318 g/mol. The molecule has 2 N–H and O–H groups in total. The van der Waals surface area contributed by atoms with Crippen LogP contribution in [0.4, 0.5) is 5.69 Å². The lowest BCUT2D eigenvalue weighted by Crippen LogP contribution is -2.34. The van der Waals surface area contributed by atoms with Gasteiger partial charge in [-0.15, -0.1) is 0 Å². The van der Waals surface area contributed by atoms with Gasteiger partial charge < -0.3 is 10.4 Å². The van der Waals surface area contributed by atoms with Crippen LogP contribution in [0.25, 0.3) is 0 Å². The Kier molecular flexibility index (Phi) is 5.38. The van der Waals surface area contributed by atoms with Crippen molar-refractivity contribution >= 4 is 23.4 Å². The Morgan fingerprint density at radius 3 is 2.50 bits per heavy atom. The molecule has 1 aromatic rings. The molecule has 1 aliphatic rings. The number of carbonyl (C=O) groups excluding carboxylic acids is 3. The first-order chi connectivity index (χ1) is 11.4. The van der Waals surface area contributed by atoms with Crippen molar-refractivity contribution in [3.8, 4) is 0 Å². The largest absolute Gasteiger partial charge is 0.391 e. The summed E-state index contributed by atoms with van der Waals surface area (Å²) >= 11 is 0. The van der Waals surface area contributed by atoms with Gasteiger partial charge in [0.05, 0.1) is 17.1 Å². The molecule has 1 aromatic carbocycles. The summed E-state index contributed by atoms with van der Waals surface area (Å²) in [4.78, 5) is 45.7. The summed E-state index contributed by atoms with van der Waals surface area (Å²) in [6, 6.07) is 4.27. The predicted octanol–water partition coefficient (Wildman–Crippen LogP) is 0.0184. The van der Waals surface area contributed by atoms with Crippen molar-refractivity contribution in [2.24, 2.45) is 0 Å². The lowest BCUT2D eigenvalue weighted by atomic mass is 10.1. The molecule has 9 nitrogen and oxygen atoms in total. The van der Waals surface area contributed by atoms with Crippen LogP contribution in [0.1, 0.15) is 17.5 Å². The second kappa shape index (κ2) is 7.47. The molecule has 9 heteroatoms. The fraction of sp³-hybridized carbons (Fsp3) is 0.267. The molecule has 0 fully saturated rings. The lowest BCUT2D eigenvalue weighted by molar-refractivity contribution is -0.385. The SMILES string of the molecule is O=C(CCN1C(=O)C=CC1=O)NCc1ccc(CO)c([N+](=O)[O-])c1. The predicted molar refractivity (Wildman–Crippen MR) is 81.3 cm³/mol. The summed E-state index contributed by atoms with van der Waals surface area (Å²) in [5.41, 5.74) is 0.472. The van der Waals surface area contributed by atoms with Gasteiger partial charge in [-0.25, -0.2) is 0 Å². The highest BCUT2D eigenvalue weighted by atomic mass is 16.6. The molecule has 3 amide bonds. The molecular formula is C15H15N3O6. The van der Waals surface area contributed by atoms with Crippen LogP contribution < -0.4 is 5.32 Å². The number of nitro groups is 1. The first-order valence-electron chi connectivity index (χ1n) is 7.09. The van der Waals surface area contributed by atoms with Crippen LogP contribution >= 0.6 is 0 Å². The molecule has 1 heterocycles. The number of benzene rings is 1. The normalized spacial score (nSPS) is 13.5. The van der Waals surface area contributed by atoms with E-state index in [1.165, 1.54) is 12.1 Å². The van der Waals surface area contributed by atoms with E-state index in [4.69, 9.17) is 5.11 Å². The fourth-order valence-corrected chi connectivity index (χ4v) is 2.18. The topological polar surface area (TPSA) is 130 Å². The van der Waals surface area contributed by atoms with Crippen molar-refractivity contribution in [3.05, 3.63) is 51.6 Å². The van der Waals surface area contributed by atoms with E-state index in [0.717, 1.165) is 17.1 Å². The van der Waals surface area contributed by atoms with Crippen molar-refractivity contribution in [1.29, 1.82) is 0 Å². The fourth-order valence-electron chi connectivity index (χ4n) is 2.18. The zero-order valence-corrected chi connectivity index (χ0v) is 12.6. The number of aliphatic hydroxyl groups excluding tert-OH is 1. The minimum absolute atomic E-state index is 0.0277. The first kappa shape index (κ1) is 17.3. The Morgan fingerprint density at radius 2 is 1.92 bits per heavy atom. The number of amides is 3.